The second-order valence-electron chi connectivity index (χ2n) is 4.68. The maximum absolute atomic E-state index is 13.6. The zero-order chi connectivity index (χ0) is 12.5. The molecule has 0 aliphatic heterocycles. The highest BCUT2D eigenvalue weighted by Gasteiger charge is 2.24. The van der Waals surface area contributed by atoms with E-state index >= 15 is 0 Å². The number of hydrogen-bond acceptors (Lipinski definition) is 2. The Hall–Kier alpha value is -1.90. The van der Waals surface area contributed by atoms with Gasteiger partial charge in [-0.2, -0.15) is 0 Å². The van der Waals surface area contributed by atoms with Gasteiger partial charge in [0.15, 0.2) is 0 Å². The minimum atomic E-state index is -0.0836. The number of anilines is 1. The molecule has 2 nitrogen and oxygen atoms in total. The van der Waals surface area contributed by atoms with E-state index in [2.05, 4.69) is 10.3 Å². The second-order valence-corrected chi connectivity index (χ2v) is 4.68. The summed E-state index contributed by atoms with van der Waals surface area (Å²) in [7, 11) is 0. The smallest absolute Gasteiger partial charge is 0.126 e. The summed E-state index contributed by atoms with van der Waals surface area (Å²) in [4.78, 5) is 4.26. The lowest BCUT2D eigenvalue weighted by Crippen LogP contribution is -2.08. The van der Waals surface area contributed by atoms with Gasteiger partial charge in [0.2, 0.25) is 0 Å². The van der Waals surface area contributed by atoms with Crippen LogP contribution in [0.5, 0.6) is 0 Å². The first-order valence-electron chi connectivity index (χ1n) is 6.21. The molecule has 3 heteroatoms. The largest absolute Gasteiger partial charge is 0.377 e. The minimum absolute atomic E-state index is 0.0836. The fourth-order valence-electron chi connectivity index (χ4n) is 2.58. The molecule has 0 saturated heterocycles. The van der Waals surface area contributed by atoms with Gasteiger partial charge in [-0.15, -0.1) is 0 Å². The third-order valence-corrected chi connectivity index (χ3v) is 3.55. The van der Waals surface area contributed by atoms with E-state index in [0.717, 1.165) is 35.3 Å². The van der Waals surface area contributed by atoms with E-state index in [1.54, 1.807) is 12.3 Å². The lowest BCUT2D eigenvalue weighted by Gasteiger charge is -2.16. The van der Waals surface area contributed by atoms with E-state index in [0.29, 0.717) is 0 Å². The van der Waals surface area contributed by atoms with Crippen LogP contribution in [0.3, 0.4) is 0 Å². The average molecular weight is 242 g/mol. The molecule has 1 atom stereocenters. The molecule has 1 aromatic carbocycles. The highest BCUT2D eigenvalue weighted by molar-refractivity contribution is 5.51. The van der Waals surface area contributed by atoms with Crippen molar-refractivity contribution < 1.29 is 4.39 Å². The first kappa shape index (κ1) is 11.2. The molecule has 2 aromatic rings. The Labute approximate surface area is 106 Å². The molecule has 1 aliphatic rings. The van der Waals surface area contributed by atoms with Gasteiger partial charge in [0.1, 0.15) is 5.82 Å². The molecule has 0 bridgehead atoms. The van der Waals surface area contributed by atoms with Gasteiger partial charge in [-0.3, -0.25) is 4.98 Å². The molecular formula is C15H15FN2. The van der Waals surface area contributed by atoms with Crippen LogP contribution in [-0.4, -0.2) is 4.98 Å². The van der Waals surface area contributed by atoms with Crippen molar-refractivity contribution in [1.29, 1.82) is 0 Å². The summed E-state index contributed by atoms with van der Waals surface area (Å²) in [5.41, 5.74) is 3.94. The maximum atomic E-state index is 13.6. The van der Waals surface area contributed by atoms with Crippen LogP contribution in [-0.2, 0) is 6.42 Å². The third-order valence-electron chi connectivity index (χ3n) is 3.55. The van der Waals surface area contributed by atoms with E-state index in [1.807, 2.05) is 25.1 Å². The van der Waals surface area contributed by atoms with E-state index in [4.69, 9.17) is 0 Å². The monoisotopic (exact) mass is 242 g/mol. The Morgan fingerprint density at radius 3 is 3.00 bits per heavy atom. The second kappa shape index (κ2) is 4.41. The molecule has 1 aliphatic carbocycles. The minimum Gasteiger partial charge on any atom is -0.377 e. The Balaban J connectivity index is 1.90. The van der Waals surface area contributed by atoms with Crippen LogP contribution in [0.25, 0.3) is 0 Å². The predicted octanol–water partition coefficient (Wildman–Crippen LogP) is 3.63. The van der Waals surface area contributed by atoms with Crippen molar-refractivity contribution in [3.05, 3.63) is 59.2 Å². The molecule has 0 amide bonds. The fraction of sp³-hybridized carbons (Fsp3) is 0.267. The summed E-state index contributed by atoms with van der Waals surface area (Å²) in [5.74, 6) is -0.0836. The summed E-state index contributed by atoms with van der Waals surface area (Å²) in [6.45, 7) is 1.98. The number of nitrogens with one attached hydrogen (secondary N) is 1. The zero-order valence-electron chi connectivity index (χ0n) is 10.3. The van der Waals surface area contributed by atoms with Gasteiger partial charge >= 0.3 is 0 Å². The number of fused-ring (bicyclic) bond motifs is 1. The fourth-order valence-corrected chi connectivity index (χ4v) is 2.58. The number of hydrogen-bond donors (Lipinski definition) is 1. The summed E-state index contributed by atoms with van der Waals surface area (Å²) >= 11 is 0. The van der Waals surface area contributed by atoms with Crippen LogP contribution in [0.15, 0.2) is 36.5 Å². The van der Waals surface area contributed by atoms with E-state index in [1.165, 1.54) is 6.07 Å². The Kier molecular flexibility index (Phi) is 2.74. The molecule has 1 unspecified atom stereocenters. The van der Waals surface area contributed by atoms with Gasteiger partial charge in [-0.1, -0.05) is 12.1 Å². The van der Waals surface area contributed by atoms with Crippen LogP contribution in [0.2, 0.25) is 0 Å². The molecule has 3 rings (SSSR count). The standard InChI is InChI=1S/C15H15FN2/c1-10-14(6-3-9-17-10)18-15-8-7-11-12(15)4-2-5-13(11)16/h2-6,9,15,18H,7-8H2,1H3. The van der Waals surface area contributed by atoms with Crippen LogP contribution >= 0.6 is 0 Å². The normalized spacial score (nSPS) is 17.6. The topological polar surface area (TPSA) is 24.9 Å². The first-order valence-corrected chi connectivity index (χ1v) is 6.21. The first-order chi connectivity index (χ1) is 8.75. The van der Waals surface area contributed by atoms with Crippen LogP contribution < -0.4 is 5.32 Å². The number of halogens is 1. The average Bonchev–Trinajstić information content (AvgIpc) is 2.77. The lowest BCUT2D eigenvalue weighted by atomic mass is 10.1. The summed E-state index contributed by atoms with van der Waals surface area (Å²) in [6, 6.07) is 9.45. The van der Waals surface area contributed by atoms with Crippen molar-refractivity contribution >= 4 is 5.69 Å². The van der Waals surface area contributed by atoms with Crippen molar-refractivity contribution in [1.82, 2.24) is 4.98 Å². The van der Waals surface area contributed by atoms with Crippen LogP contribution in [0.1, 0.15) is 29.3 Å². The van der Waals surface area contributed by atoms with E-state index in [9.17, 15) is 4.39 Å². The number of nitrogens with zero attached hydrogens (tertiary/aromatic N) is 1. The highest BCUT2D eigenvalue weighted by Crippen LogP contribution is 2.35. The highest BCUT2D eigenvalue weighted by atomic mass is 19.1. The molecule has 0 spiro atoms. The number of rotatable bonds is 2. The Bertz CT molecular complexity index is 580. The van der Waals surface area contributed by atoms with E-state index in [-0.39, 0.29) is 11.9 Å². The van der Waals surface area contributed by atoms with Crippen molar-refractivity contribution in [3.63, 3.8) is 0 Å². The molecule has 0 saturated carbocycles. The van der Waals surface area contributed by atoms with Gasteiger partial charge in [0.05, 0.1) is 17.4 Å². The molecule has 1 heterocycles. The van der Waals surface area contributed by atoms with Crippen molar-refractivity contribution in [2.45, 2.75) is 25.8 Å². The van der Waals surface area contributed by atoms with Crippen molar-refractivity contribution in [3.8, 4) is 0 Å². The predicted molar refractivity (Wildman–Crippen MR) is 70.1 cm³/mol. The van der Waals surface area contributed by atoms with Crippen LogP contribution in [0, 0.1) is 12.7 Å². The zero-order valence-corrected chi connectivity index (χ0v) is 10.3. The Morgan fingerprint density at radius 1 is 1.28 bits per heavy atom. The summed E-state index contributed by atoms with van der Waals surface area (Å²) in [6.07, 6.45) is 3.52. The van der Waals surface area contributed by atoms with Crippen molar-refractivity contribution in [2.24, 2.45) is 0 Å². The van der Waals surface area contributed by atoms with Crippen molar-refractivity contribution in [2.75, 3.05) is 5.32 Å². The number of aromatic nitrogens is 1. The van der Waals surface area contributed by atoms with Gasteiger partial charge < -0.3 is 5.32 Å². The SMILES string of the molecule is Cc1ncccc1NC1CCc2c(F)cccc21. The summed E-state index contributed by atoms with van der Waals surface area (Å²) < 4.78 is 13.6. The molecule has 1 N–H and O–H groups in total. The van der Waals surface area contributed by atoms with Gasteiger partial charge in [-0.25, -0.2) is 4.39 Å². The molecule has 0 radical (unpaired) electrons. The number of benzene rings is 1. The molecule has 1 aromatic heterocycles. The molecule has 0 fully saturated rings. The van der Waals surface area contributed by atoms with E-state index < -0.39 is 0 Å². The molecule has 92 valence electrons. The van der Waals surface area contributed by atoms with Gasteiger partial charge in [-0.05, 0) is 49.1 Å². The number of aryl methyl sites for hydroxylation is 1. The summed E-state index contributed by atoms with van der Waals surface area (Å²) in [5, 5.41) is 3.46. The quantitative estimate of drug-likeness (QED) is 0.869. The number of pyridine rings is 1. The van der Waals surface area contributed by atoms with Gasteiger partial charge in [0.25, 0.3) is 0 Å². The lowest BCUT2D eigenvalue weighted by molar-refractivity contribution is 0.612. The maximum Gasteiger partial charge on any atom is 0.126 e. The Morgan fingerprint density at radius 2 is 2.17 bits per heavy atom. The third kappa shape index (κ3) is 1.86. The molecule has 18 heavy (non-hydrogen) atoms. The van der Waals surface area contributed by atoms with Crippen LogP contribution in [0.4, 0.5) is 10.1 Å². The van der Waals surface area contributed by atoms with Gasteiger partial charge in [0, 0.05) is 6.20 Å². The molecular weight excluding hydrogens is 227 g/mol.